The molecule has 0 saturated heterocycles. The van der Waals surface area contributed by atoms with E-state index >= 15 is 0 Å². The number of halogens is 1. The Morgan fingerprint density at radius 1 is 1.42 bits per heavy atom. The van der Waals surface area contributed by atoms with Gasteiger partial charge < -0.3 is 10.8 Å². The van der Waals surface area contributed by atoms with Gasteiger partial charge in [-0.3, -0.25) is 0 Å². The summed E-state index contributed by atoms with van der Waals surface area (Å²) < 4.78 is 39.4. The third-order valence-electron chi connectivity index (χ3n) is 3.42. The number of nitrogens with two attached hydrogens (primary N) is 1. The summed E-state index contributed by atoms with van der Waals surface area (Å²) in [5, 5.41) is 9.64. The van der Waals surface area contributed by atoms with Gasteiger partial charge in [0.2, 0.25) is 10.0 Å². The van der Waals surface area contributed by atoms with Crippen LogP contribution >= 0.6 is 0 Å². The zero-order chi connectivity index (χ0) is 14.0. The summed E-state index contributed by atoms with van der Waals surface area (Å²) in [6.45, 7) is 0.167. The van der Waals surface area contributed by atoms with Crippen LogP contribution in [0.3, 0.4) is 0 Å². The normalized spacial score (nSPS) is 23.7. The van der Waals surface area contributed by atoms with Gasteiger partial charge in [0, 0.05) is 6.54 Å². The zero-order valence-electron chi connectivity index (χ0n) is 10.3. The molecule has 0 bridgehead atoms. The van der Waals surface area contributed by atoms with E-state index < -0.39 is 21.9 Å². The minimum absolute atomic E-state index is 0.0727. The first-order valence-electron chi connectivity index (χ1n) is 6.13. The first-order valence-corrected chi connectivity index (χ1v) is 7.61. The molecule has 5 nitrogen and oxygen atoms in total. The molecule has 1 aliphatic carbocycles. The number of rotatable bonds is 4. The maximum absolute atomic E-state index is 12.9. The largest absolute Gasteiger partial charge is 0.398 e. The van der Waals surface area contributed by atoms with Crippen LogP contribution in [0.25, 0.3) is 0 Å². The maximum atomic E-state index is 12.9. The molecule has 0 aromatic heterocycles. The number of nitrogen functional groups attached to an aromatic ring is 1. The minimum atomic E-state index is -3.77. The minimum Gasteiger partial charge on any atom is -0.398 e. The molecule has 2 unspecified atom stereocenters. The highest BCUT2D eigenvalue weighted by molar-refractivity contribution is 7.89. The monoisotopic (exact) mass is 288 g/mol. The molecule has 1 aromatic rings. The van der Waals surface area contributed by atoms with Gasteiger partial charge in [0.1, 0.15) is 10.7 Å². The van der Waals surface area contributed by atoms with E-state index in [0.29, 0.717) is 6.42 Å². The van der Waals surface area contributed by atoms with E-state index in [1.165, 1.54) is 0 Å². The fourth-order valence-corrected chi connectivity index (χ4v) is 3.52. The predicted octanol–water partition coefficient (Wildman–Crippen LogP) is 0.847. The van der Waals surface area contributed by atoms with E-state index in [9.17, 15) is 17.9 Å². The smallest absolute Gasteiger partial charge is 0.242 e. The Morgan fingerprint density at radius 3 is 2.74 bits per heavy atom. The molecule has 0 heterocycles. The Labute approximate surface area is 111 Å². The highest BCUT2D eigenvalue weighted by atomic mass is 32.2. The standard InChI is InChI=1S/C12H17FN2O3S/c13-9-4-5-12(10(14)6-9)19(17,18)15-7-8-2-1-3-11(8)16/h4-6,8,11,15-16H,1-3,7,14H2. The molecule has 0 radical (unpaired) electrons. The van der Waals surface area contributed by atoms with Crippen LogP contribution in [0, 0.1) is 11.7 Å². The SMILES string of the molecule is Nc1cc(F)ccc1S(=O)(=O)NCC1CCCC1O. The molecule has 1 aliphatic rings. The van der Waals surface area contributed by atoms with Crippen molar-refractivity contribution in [3.63, 3.8) is 0 Å². The van der Waals surface area contributed by atoms with Crippen LogP contribution in [0.15, 0.2) is 23.1 Å². The van der Waals surface area contributed by atoms with Gasteiger partial charge in [-0.1, -0.05) is 6.42 Å². The number of anilines is 1. The second-order valence-electron chi connectivity index (χ2n) is 4.79. The summed E-state index contributed by atoms with van der Waals surface area (Å²) in [5.41, 5.74) is 5.38. The Bertz CT molecular complexity index is 562. The number of sulfonamides is 1. The molecule has 106 valence electrons. The van der Waals surface area contributed by atoms with Gasteiger partial charge >= 0.3 is 0 Å². The highest BCUT2D eigenvalue weighted by Crippen LogP contribution is 2.25. The van der Waals surface area contributed by atoms with Crippen LogP contribution in [0.4, 0.5) is 10.1 Å². The lowest BCUT2D eigenvalue weighted by Gasteiger charge is -2.15. The highest BCUT2D eigenvalue weighted by Gasteiger charge is 2.27. The van der Waals surface area contributed by atoms with Crippen LogP contribution in [-0.4, -0.2) is 26.2 Å². The van der Waals surface area contributed by atoms with Crippen molar-refractivity contribution in [3.8, 4) is 0 Å². The third-order valence-corrected chi connectivity index (χ3v) is 4.91. The van der Waals surface area contributed by atoms with Crippen molar-refractivity contribution < 1.29 is 17.9 Å². The van der Waals surface area contributed by atoms with Crippen LogP contribution in [0.1, 0.15) is 19.3 Å². The summed E-state index contributed by atoms with van der Waals surface area (Å²) in [4.78, 5) is -0.138. The van der Waals surface area contributed by atoms with Crippen LogP contribution < -0.4 is 10.5 Å². The van der Waals surface area contributed by atoms with E-state index in [1.807, 2.05) is 0 Å². The van der Waals surface area contributed by atoms with Gasteiger partial charge in [-0.2, -0.15) is 0 Å². The molecule has 0 spiro atoms. The van der Waals surface area contributed by atoms with E-state index in [-0.39, 0.29) is 23.0 Å². The average Bonchev–Trinajstić information content (AvgIpc) is 2.72. The Morgan fingerprint density at radius 2 is 2.16 bits per heavy atom. The number of aliphatic hydroxyl groups is 1. The van der Waals surface area contributed by atoms with Crippen LogP contribution in [0.5, 0.6) is 0 Å². The van der Waals surface area contributed by atoms with Gasteiger partial charge in [-0.25, -0.2) is 17.5 Å². The number of aliphatic hydroxyl groups excluding tert-OH is 1. The fourth-order valence-electron chi connectivity index (χ4n) is 2.31. The molecule has 4 N–H and O–H groups in total. The molecule has 2 rings (SSSR count). The third kappa shape index (κ3) is 3.23. The summed E-state index contributed by atoms with van der Waals surface area (Å²) in [7, 11) is -3.77. The molecular weight excluding hydrogens is 271 g/mol. The maximum Gasteiger partial charge on any atom is 0.242 e. The van der Waals surface area contributed by atoms with Gasteiger partial charge in [-0.15, -0.1) is 0 Å². The molecule has 0 amide bonds. The van der Waals surface area contributed by atoms with Gasteiger partial charge in [0.15, 0.2) is 0 Å². The number of nitrogens with one attached hydrogen (secondary N) is 1. The fraction of sp³-hybridized carbons (Fsp3) is 0.500. The first-order chi connectivity index (χ1) is 8.90. The molecule has 1 fully saturated rings. The van der Waals surface area contributed by atoms with Crippen molar-refractivity contribution in [3.05, 3.63) is 24.0 Å². The van der Waals surface area contributed by atoms with Crippen LogP contribution in [-0.2, 0) is 10.0 Å². The Balaban J connectivity index is 2.09. The zero-order valence-corrected chi connectivity index (χ0v) is 11.2. The van der Waals surface area contributed by atoms with Gasteiger partial charge in [0.05, 0.1) is 11.8 Å². The number of hydrogen-bond acceptors (Lipinski definition) is 4. The molecule has 0 aliphatic heterocycles. The lowest BCUT2D eigenvalue weighted by molar-refractivity contribution is 0.134. The van der Waals surface area contributed by atoms with E-state index in [2.05, 4.69) is 4.72 Å². The van der Waals surface area contributed by atoms with Crippen LogP contribution in [0.2, 0.25) is 0 Å². The summed E-state index contributed by atoms with van der Waals surface area (Å²) >= 11 is 0. The lowest BCUT2D eigenvalue weighted by Crippen LogP contribution is -2.32. The second-order valence-corrected chi connectivity index (χ2v) is 6.53. The molecular formula is C12H17FN2O3S. The van der Waals surface area contributed by atoms with Crippen molar-refractivity contribution in [1.82, 2.24) is 4.72 Å². The van der Waals surface area contributed by atoms with E-state index in [4.69, 9.17) is 5.73 Å². The van der Waals surface area contributed by atoms with E-state index in [0.717, 1.165) is 31.0 Å². The van der Waals surface area contributed by atoms with Crippen molar-refractivity contribution in [2.75, 3.05) is 12.3 Å². The Kier molecular flexibility index (Phi) is 4.07. The Hall–Kier alpha value is -1.18. The topological polar surface area (TPSA) is 92.4 Å². The van der Waals surface area contributed by atoms with Gasteiger partial charge in [0.25, 0.3) is 0 Å². The predicted molar refractivity (Wildman–Crippen MR) is 69.3 cm³/mol. The molecule has 1 saturated carbocycles. The molecule has 7 heteroatoms. The van der Waals surface area contributed by atoms with Gasteiger partial charge in [-0.05, 0) is 37.0 Å². The summed E-state index contributed by atoms with van der Waals surface area (Å²) in [5.74, 6) is -0.654. The molecule has 1 aromatic carbocycles. The lowest BCUT2D eigenvalue weighted by atomic mass is 10.1. The van der Waals surface area contributed by atoms with Crippen molar-refractivity contribution in [1.29, 1.82) is 0 Å². The van der Waals surface area contributed by atoms with Crippen molar-refractivity contribution in [2.45, 2.75) is 30.3 Å². The molecule has 19 heavy (non-hydrogen) atoms. The number of benzene rings is 1. The summed E-state index contributed by atoms with van der Waals surface area (Å²) in [6.07, 6.45) is 1.92. The van der Waals surface area contributed by atoms with Crippen molar-refractivity contribution in [2.24, 2.45) is 5.92 Å². The quantitative estimate of drug-likeness (QED) is 0.716. The van der Waals surface area contributed by atoms with E-state index in [1.54, 1.807) is 0 Å². The number of hydrogen-bond donors (Lipinski definition) is 3. The first kappa shape index (κ1) is 14.2. The molecule has 2 atom stereocenters. The van der Waals surface area contributed by atoms with Crippen molar-refractivity contribution >= 4 is 15.7 Å². The average molecular weight is 288 g/mol. The second kappa shape index (κ2) is 5.44. The summed E-state index contributed by atoms with van der Waals surface area (Å²) in [6, 6.07) is 3.16.